The number of allylic oxidation sites excluding steroid dienone is 2. The molecule has 1 radical (unpaired) electrons. The maximum absolute atomic E-state index is 10.1. The average molecular weight is 82.1 g/mol. The van der Waals surface area contributed by atoms with Crippen LogP contribution in [0.1, 0.15) is 12.8 Å². The van der Waals surface area contributed by atoms with Crippen LogP contribution in [0.15, 0.2) is 11.8 Å². The van der Waals surface area contributed by atoms with E-state index in [1.54, 1.807) is 12.5 Å². The van der Waals surface area contributed by atoms with Crippen molar-refractivity contribution < 1.29 is 5.11 Å². The highest BCUT2D eigenvalue weighted by Gasteiger charge is 1.90. The van der Waals surface area contributed by atoms with Gasteiger partial charge in [-0.05, 0) is 19.3 Å². The molecular formula is C5H6O-. The molecule has 1 nitrogen and oxygen atoms in total. The van der Waals surface area contributed by atoms with E-state index in [-0.39, 0.29) is 5.76 Å². The highest BCUT2D eigenvalue weighted by molar-refractivity contribution is 5.08. The molecule has 1 heteroatoms. The van der Waals surface area contributed by atoms with Crippen molar-refractivity contribution in [2.45, 2.75) is 12.8 Å². The molecule has 6 heavy (non-hydrogen) atoms. The molecule has 0 fully saturated rings. The van der Waals surface area contributed by atoms with Crippen LogP contribution in [0.4, 0.5) is 0 Å². The number of hydrogen-bond donors (Lipinski definition) is 0. The predicted octanol–water partition coefficient (Wildman–Crippen LogP) is 0.229. The zero-order valence-electron chi connectivity index (χ0n) is 3.48. The van der Waals surface area contributed by atoms with Gasteiger partial charge in [0.1, 0.15) is 0 Å². The van der Waals surface area contributed by atoms with Crippen LogP contribution in [0, 0.1) is 6.42 Å². The first-order valence-corrected chi connectivity index (χ1v) is 2.10. The fourth-order valence-corrected chi connectivity index (χ4v) is 0.535. The lowest BCUT2D eigenvalue weighted by atomic mass is 10.4. The Balaban J connectivity index is 2.45. The molecule has 0 spiro atoms. The summed E-state index contributed by atoms with van der Waals surface area (Å²) in [5.74, 6) is 0.204. The van der Waals surface area contributed by atoms with Gasteiger partial charge in [0, 0.05) is 0 Å². The second-order valence-corrected chi connectivity index (χ2v) is 1.39. The molecule has 0 atom stereocenters. The molecule has 0 heterocycles. The second-order valence-electron chi connectivity index (χ2n) is 1.39. The van der Waals surface area contributed by atoms with Crippen LogP contribution < -0.4 is 5.11 Å². The first-order chi connectivity index (χ1) is 2.89. The van der Waals surface area contributed by atoms with Crippen LogP contribution in [-0.2, 0) is 0 Å². The largest absolute Gasteiger partial charge is 0.875 e. The first-order valence-electron chi connectivity index (χ1n) is 2.10. The van der Waals surface area contributed by atoms with E-state index in [1.165, 1.54) is 0 Å². The van der Waals surface area contributed by atoms with Crippen LogP contribution in [0.5, 0.6) is 0 Å². The Morgan fingerprint density at radius 1 is 1.50 bits per heavy atom. The van der Waals surface area contributed by atoms with Gasteiger partial charge in [-0.2, -0.15) is 0 Å². The smallest absolute Gasteiger partial charge is 0.0248 e. The van der Waals surface area contributed by atoms with Gasteiger partial charge in [-0.15, -0.1) is 5.76 Å². The Morgan fingerprint density at radius 3 is 2.50 bits per heavy atom. The van der Waals surface area contributed by atoms with E-state index in [0.717, 1.165) is 12.8 Å². The van der Waals surface area contributed by atoms with Crippen molar-refractivity contribution in [2.75, 3.05) is 0 Å². The van der Waals surface area contributed by atoms with Gasteiger partial charge in [-0.25, -0.2) is 0 Å². The lowest BCUT2D eigenvalue weighted by Crippen LogP contribution is -1.98. The van der Waals surface area contributed by atoms with Crippen molar-refractivity contribution in [3.05, 3.63) is 18.3 Å². The summed E-state index contributed by atoms with van der Waals surface area (Å²) in [4.78, 5) is 0. The van der Waals surface area contributed by atoms with Gasteiger partial charge < -0.3 is 5.11 Å². The summed E-state index contributed by atoms with van der Waals surface area (Å²) in [5, 5.41) is 10.1. The third-order valence-electron chi connectivity index (χ3n) is 0.858. The van der Waals surface area contributed by atoms with Crippen LogP contribution in [0.2, 0.25) is 0 Å². The summed E-state index contributed by atoms with van der Waals surface area (Å²) in [7, 11) is 0. The quantitative estimate of drug-likeness (QED) is 0.410. The summed E-state index contributed by atoms with van der Waals surface area (Å²) in [6.07, 6.45) is 5.33. The minimum absolute atomic E-state index is 0.204. The Hall–Kier alpha value is -0.460. The number of rotatable bonds is 0. The van der Waals surface area contributed by atoms with Crippen LogP contribution >= 0.6 is 0 Å². The Morgan fingerprint density at radius 2 is 2.33 bits per heavy atom. The van der Waals surface area contributed by atoms with Crippen molar-refractivity contribution in [2.24, 2.45) is 0 Å². The van der Waals surface area contributed by atoms with Crippen molar-refractivity contribution >= 4 is 0 Å². The minimum atomic E-state index is 0.204. The van der Waals surface area contributed by atoms with Gasteiger partial charge in [0.25, 0.3) is 0 Å². The monoisotopic (exact) mass is 82.0 g/mol. The Bertz CT molecular complexity index is 74.0. The van der Waals surface area contributed by atoms with Gasteiger partial charge >= 0.3 is 0 Å². The molecule has 33 valence electrons. The molecule has 0 aliphatic heterocycles. The van der Waals surface area contributed by atoms with Gasteiger partial charge in [0.15, 0.2) is 0 Å². The van der Waals surface area contributed by atoms with E-state index < -0.39 is 0 Å². The Labute approximate surface area is 37.3 Å². The van der Waals surface area contributed by atoms with Crippen molar-refractivity contribution in [3.8, 4) is 0 Å². The molecule has 0 aromatic heterocycles. The zero-order valence-corrected chi connectivity index (χ0v) is 3.48. The minimum Gasteiger partial charge on any atom is -0.875 e. The summed E-state index contributed by atoms with van der Waals surface area (Å²) < 4.78 is 0. The van der Waals surface area contributed by atoms with Crippen molar-refractivity contribution in [3.63, 3.8) is 0 Å². The molecule has 1 aliphatic carbocycles. The van der Waals surface area contributed by atoms with Gasteiger partial charge in [0.2, 0.25) is 0 Å². The van der Waals surface area contributed by atoms with Crippen molar-refractivity contribution in [1.82, 2.24) is 0 Å². The summed E-state index contributed by atoms with van der Waals surface area (Å²) in [5.41, 5.74) is 0. The number of hydrogen-bond acceptors (Lipinski definition) is 1. The second kappa shape index (κ2) is 1.33. The maximum atomic E-state index is 10.1. The molecule has 0 unspecified atom stereocenters. The molecule has 0 N–H and O–H groups in total. The average Bonchev–Trinajstić information content (AvgIpc) is 1.86. The SMILES string of the molecule is [O-]C1=CCC[CH]1. The predicted molar refractivity (Wildman–Crippen MR) is 21.6 cm³/mol. The summed E-state index contributed by atoms with van der Waals surface area (Å²) in [6.45, 7) is 0. The normalized spacial score (nSPS) is 21.0. The van der Waals surface area contributed by atoms with Crippen LogP contribution in [0.25, 0.3) is 0 Å². The summed E-state index contributed by atoms with van der Waals surface area (Å²) in [6, 6.07) is 0. The van der Waals surface area contributed by atoms with Crippen molar-refractivity contribution in [1.29, 1.82) is 0 Å². The molecule has 0 amide bonds. The van der Waals surface area contributed by atoms with Crippen LogP contribution in [-0.4, -0.2) is 0 Å². The third-order valence-corrected chi connectivity index (χ3v) is 0.858. The Kier molecular flexibility index (Phi) is 0.825. The highest BCUT2D eigenvalue weighted by Crippen LogP contribution is 2.09. The topological polar surface area (TPSA) is 23.1 Å². The zero-order chi connectivity index (χ0) is 4.41. The van der Waals surface area contributed by atoms with E-state index >= 15 is 0 Å². The van der Waals surface area contributed by atoms with Gasteiger partial charge in [-0.1, -0.05) is 6.08 Å². The molecule has 0 aromatic rings. The molecule has 0 bridgehead atoms. The molecule has 0 saturated carbocycles. The lowest BCUT2D eigenvalue weighted by Gasteiger charge is -1.99. The molecule has 0 aromatic carbocycles. The molecule has 0 saturated heterocycles. The lowest BCUT2D eigenvalue weighted by molar-refractivity contribution is -0.297. The van der Waals surface area contributed by atoms with E-state index in [2.05, 4.69) is 0 Å². The molecule has 1 rings (SSSR count). The first kappa shape index (κ1) is 3.72. The fourth-order valence-electron chi connectivity index (χ4n) is 0.535. The molecule has 1 aliphatic rings. The van der Waals surface area contributed by atoms with Gasteiger partial charge in [-0.3, -0.25) is 0 Å². The molecular weight excluding hydrogens is 76.1 g/mol. The maximum Gasteiger partial charge on any atom is -0.0248 e. The van der Waals surface area contributed by atoms with Crippen LogP contribution in [0.3, 0.4) is 0 Å². The van der Waals surface area contributed by atoms with Gasteiger partial charge in [0.05, 0.1) is 0 Å². The van der Waals surface area contributed by atoms with E-state index in [0.29, 0.717) is 0 Å². The van der Waals surface area contributed by atoms with E-state index in [9.17, 15) is 5.11 Å². The summed E-state index contributed by atoms with van der Waals surface area (Å²) >= 11 is 0. The standard InChI is InChI=1S/C5H7O/c6-5-3-1-2-4-5/h3-4,6H,1-2H2/p-1. The van der Waals surface area contributed by atoms with E-state index in [4.69, 9.17) is 0 Å². The highest BCUT2D eigenvalue weighted by atomic mass is 16.3. The third kappa shape index (κ3) is 0.534. The fraction of sp³-hybridized carbons (Fsp3) is 0.400. The van der Waals surface area contributed by atoms with E-state index in [1.807, 2.05) is 0 Å².